The third-order valence-electron chi connectivity index (χ3n) is 5.60. The zero-order valence-electron chi connectivity index (χ0n) is 18.9. The summed E-state index contributed by atoms with van der Waals surface area (Å²) in [6, 6.07) is 22.9. The van der Waals surface area contributed by atoms with Crippen molar-refractivity contribution in [1.82, 2.24) is 14.4 Å². The Hall–Kier alpha value is -4.39. The lowest BCUT2D eigenvalue weighted by atomic mass is 10.1. The van der Waals surface area contributed by atoms with Crippen molar-refractivity contribution in [1.29, 1.82) is 0 Å². The van der Waals surface area contributed by atoms with Gasteiger partial charge in [-0.3, -0.25) is 9.20 Å². The van der Waals surface area contributed by atoms with E-state index in [9.17, 15) is 13.6 Å². The highest BCUT2D eigenvalue weighted by atomic mass is 19.1. The van der Waals surface area contributed by atoms with Crippen LogP contribution in [0, 0.1) is 11.6 Å². The first-order valence-corrected chi connectivity index (χ1v) is 11.1. The van der Waals surface area contributed by atoms with Crippen LogP contribution >= 0.6 is 0 Å². The quantitative estimate of drug-likeness (QED) is 0.296. The maximum absolute atomic E-state index is 14.4. The minimum atomic E-state index is -0.691. The average Bonchev–Trinajstić information content (AvgIpc) is 3.19. The molecule has 0 aliphatic carbocycles. The van der Waals surface area contributed by atoms with E-state index in [1.54, 1.807) is 10.6 Å². The van der Waals surface area contributed by atoms with Crippen molar-refractivity contribution >= 4 is 11.6 Å². The summed E-state index contributed by atoms with van der Waals surface area (Å²) in [5.41, 5.74) is 4.37. The molecule has 3 aromatic carbocycles. The molecule has 5 rings (SSSR count). The van der Waals surface area contributed by atoms with E-state index < -0.39 is 17.6 Å². The van der Waals surface area contributed by atoms with Crippen molar-refractivity contribution in [3.63, 3.8) is 0 Å². The standard InChI is InChI=1S/C28H21F2N3O2/c1-18(34)35-28-25(15-21-12-13-22(29)16-23(21)30)32-27-24(14-19-8-4-2-5-9-19)31-26(17-33(27)28)20-10-6-3-7-11-20/h2-13,16-17H,14-15H2,1H3. The summed E-state index contributed by atoms with van der Waals surface area (Å²) in [5.74, 6) is -1.70. The van der Waals surface area contributed by atoms with E-state index >= 15 is 0 Å². The topological polar surface area (TPSA) is 56.5 Å². The van der Waals surface area contributed by atoms with Crippen LogP contribution < -0.4 is 4.74 Å². The Morgan fingerprint density at radius 2 is 1.60 bits per heavy atom. The molecule has 0 bridgehead atoms. The number of benzene rings is 3. The molecule has 0 N–H and O–H groups in total. The number of rotatable bonds is 6. The predicted octanol–water partition coefficient (Wildman–Crippen LogP) is 5.78. The summed E-state index contributed by atoms with van der Waals surface area (Å²) in [6.07, 6.45) is 2.27. The Bertz CT molecular complexity index is 1520. The molecule has 35 heavy (non-hydrogen) atoms. The largest absolute Gasteiger partial charge is 0.407 e. The number of aromatic nitrogens is 3. The van der Waals surface area contributed by atoms with E-state index in [2.05, 4.69) is 0 Å². The summed E-state index contributed by atoms with van der Waals surface area (Å²) in [6.45, 7) is 1.30. The van der Waals surface area contributed by atoms with Crippen LogP contribution in [0.3, 0.4) is 0 Å². The van der Waals surface area contributed by atoms with Crippen LogP contribution in [0.5, 0.6) is 5.88 Å². The number of imidazole rings is 1. The highest BCUT2D eigenvalue weighted by Crippen LogP contribution is 2.30. The fraction of sp³-hybridized carbons (Fsp3) is 0.107. The summed E-state index contributed by atoms with van der Waals surface area (Å²) in [7, 11) is 0. The number of halogens is 2. The molecule has 0 aliphatic heterocycles. The second kappa shape index (κ2) is 9.46. The predicted molar refractivity (Wildman–Crippen MR) is 128 cm³/mol. The van der Waals surface area contributed by atoms with E-state index in [0.717, 1.165) is 17.2 Å². The van der Waals surface area contributed by atoms with Crippen molar-refractivity contribution in [2.24, 2.45) is 0 Å². The van der Waals surface area contributed by atoms with Crippen LogP contribution in [0.25, 0.3) is 16.9 Å². The van der Waals surface area contributed by atoms with Gasteiger partial charge in [-0.25, -0.2) is 18.7 Å². The Morgan fingerprint density at radius 3 is 2.29 bits per heavy atom. The van der Waals surface area contributed by atoms with Crippen LogP contribution in [0.2, 0.25) is 0 Å². The third-order valence-corrected chi connectivity index (χ3v) is 5.60. The first kappa shape index (κ1) is 22.4. The van der Waals surface area contributed by atoms with Gasteiger partial charge in [0.2, 0.25) is 5.88 Å². The van der Waals surface area contributed by atoms with Gasteiger partial charge in [-0.05, 0) is 17.2 Å². The van der Waals surface area contributed by atoms with Crippen molar-refractivity contribution in [2.75, 3.05) is 0 Å². The lowest BCUT2D eigenvalue weighted by molar-refractivity contribution is -0.132. The number of hydrogen-bond acceptors (Lipinski definition) is 4. The Labute approximate surface area is 200 Å². The van der Waals surface area contributed by atoms with E-state index in [1.165, 1.54) is 19.1 Å². The van der Waals surface area contributed by atoms with Gasteiger partial charge in [-0.2, -0.15) is 0 Å². The smallest absolute Gasteiger partial charge is 0.309 e. The first-order valence-electron chi connectivity index (χ1n) is 11.1. The molecule has 0 amide bonds. The minimum Gasteiger partial charge on any atom is -0.407 e. The maximum atomic E-state index is 14.4. The van der Waals surface area contributed by atoms with Gasteiger partial charge >= 0.3 is 5.97 Å². The molecule has 2 heterocycles. The number of hydrogen-bond donors (Lipinski definition) is 0. The van der Waals surface area contributed by atoms with E-state index in [-0.39, 0.29) is 17.9 Å². The van der Waals surface area contributed by atoms with Crippen LogP contribution in [-0.2, 0) is 17.6 Å². The molecule has 0 radical (unpaired) electrons. The number of ether oxygens (including phenoxy) is 1. The first-order chi connectivity index (χ1) is 17.0. The molecule has 0 saturated carbocycles. The van der Waals surface area contributed by atoms with Crippen molar-refractivity contribution in [3.05, 3.63) is 119 Å². The second-order valence-electron chi connectivity index (χ2n) is 8.16. The molecular weight excluding hydrogens is 448 g/mol. The fourth-order valence-electron chi connectivity index (χ4n) is 4.00. The summed E-state index contributed by atoms with van der Waals surface area (Å²) in [5, 5.41) is 0. The molecular formula is C28H21F2N3O2. The highest BCUT2D eigenvalue weighted by Gasteiger charge is 2.22. The van der Waals surface area contributed by atoms with Crippen LogP contribution in [0.1, 0.15) is 29.4 Å². The normalized spacial score (nSPS) is 11.1. The Morgan fingerprint density at radius 1 is 0.886 bits per heavy atom. The van der Waals surface area contributed by atoms with Gasteiger partial charge in [0, 0.05) is 37.6 Å². The van der Waals surface area contributed by atoms with Gasteiger partial charge in [0.1, 0.15) is 17.3 Å². The molecule has 0 aliphatic rings. The Balaban J connectivity index is 1.71. The summed E-state index contributed by atoms with van der Waals surface area (Å²) < 4.78 is 35.1. The zero-order valence-corrected chi connectivity index (χ0v) is 18.9. The lowest BCUT2D eigenvalue weighted by Gasteiger charge is -2.10. The van der Waals surface area contributed by atoms with Crippen LogP contribution in [-0.4, -0.2) is 20.3 Å². The van der Waals surface area contributed by atoms with E-state index in [4.69, 9.17) is 14.7 Å². The van der Waals surface area contributed by atoms with Crippen molar-refractivity contribution < 1.29 is 18.3 Å². The summed E-state index contributed by atoms with van der Waals surface area (Å²) in [4.78, 5) is 21.6. The Kier molecular flexibility index (Phi) is 6.06. The average molecular weight is 469 g/mol. The number of nitrogens with zero attached hydrogens (tertiary/aromatic N) is 3. The molecule has 0 spiro atoms. The SMILES string of the molecule is CC(=O)Oc1c(Cc2ccc(F)cc2F)nc2c(Cc3ccccc3)nc(-c3ccccc3)cn12. The molecule has 7 heteroatoms. The van der Waals surface area contributed by atoms with E-state index in [0.29, 0.717) is 29.1 Å². The maximum Gasteiger partial charge on any atom is 0.309 e. The van der Waals surface area contributed by atoms with Gasteiger partial charge in [-0.1, -0.05) is 66.7 Å². The van der Waals surface area contributed by atoms with Crippen molar-refractivity contribution in [2.45, 2.75) is 19.8 Å². The van der Waals surface area contributed by atoms with Crippen molar-refractivity contribution in [3.8, 4) is 17.1 Å². The molecule has 0 atom stereocenters. The monoisotopic (exact) mass is 469 g/mol. The third kappa shape index (κ3) is 4.80. The number of carbonyl (C=O) groups is 1. The lowest BCUT2D eigenvalue weighted by Crippen LogP contribution is -2.07. The number of carbonyl (C=O) groups excluding carboxylic acids is 1. The van der Waals surface area contributed by atoms with Gasteiger partial charge in [-0.15, -0.1) is 0 Å². The molecule has 5 aromatic rings. The molecule has 174 valence electrons. The van der Waals surface area contributed by atoms with E-state index in [1.807, 2.05) is 60.7 Å². The second-order valence-corrected chi connectivity index (χ2v) is 8.16. The van der Waals surface area contributed by atoms with Gasteiger partial charge < -0.3 is 4.74 Å². The molecule has 5 nitrogen and oxygen atoms in total. The molecule has 0 saturated heterocycles. The molecule has 0 unspecified atom stereocenters. The zero-order chi connectivity index (χ0) is 24.4. The molecule has 2 aromatic heterocycles. The molecule has 0 fully saturated rings. The van der Waals surface area contributed by atoms with Gasteiger partial charge in [0.15, 0.2) is 5.65 Å². The van der Waals surface area contributed by atoms with Gasteiger partial charge in [0.05, 0.1) is 11.4 Å². The summed E-state index contributed by atoms with van der Waals surface area (Å²) >= 11 is 0. The fourth-order valence-corrected chi connectivity index (χ4v) is 4.00. The highest BCUT2D eigenvalue weighted by molar-refractivity contribution is 5.71. The van der Waals surface area contributed by atoms with Gasteiger partial charge in [0.25, 0.3) is 0 Å². The minimum absolute atomic E-state index is 0.0157. The number of esters is 1. The van der Waals surface area contributed by atoms with Crippen LogP contribution in [0.15, 0.2) is 85.1 Å². The number of fused-ring (bicyclic) bond motifs is 1. The van der Waals surface area contributed by atoms with Crippen LogP contribution in [0.4, 0.5) is 8.78 Å².